The number of likely N-dealkylation sites (tertiary alicyclic amines) is 1. The minimum Gasteiger partial charge on any atom is -0.356 e. The molecule has 1 rings (SSSR count). The number of hydrogen-bond acceptors (Lipinski definition) is 3. The van der Waals surface area contributed by atoms with Gasteiger partial charge < -0.3 is 15.5 Å². The number of nitrogens with zero attached hydrogens (tertiary/aromatic N) is 1. The van der Waals surface area contributed by atoms with Crippen molar-refractivity contribution in [2.45, 2.75) is 26.2 Å². The van der Waals surface area contributed by atoms with Crippen molar-refractivity contribution in [3.05, 3.63) is 0 Å². The SMILES string of the molecule is CNCCC(=O)N1CCC(CNC(C)=O)CC1. The molecule has 5 heteroatoms. The fraction of sp³-hybridized carbons (Fsp3) is 0.833. The molecule has 0 spiro atoms. The van der Waals surface area contributed by atoms with E-state index in [1.165, 1.54) is 6.92 Å². The van der Waals surface area contributed by atoms with E-state index in [9.17, 15) is 9.59 Å². The van der Waals surface area contributed by atoms with Gasteiger partial charge in [-0.15, -0.1) is 0 Å². The molecule has 0 aromatic heterocycles. The highest BCUT2D eigenvalue weighted by atomic mass is 16.2. The molecule has 17 heavy (non-hydrogen) atoms. The maximum Gasteiger partial charge on any atom is 0.223 e. The maximum atomic E-state index is 11.7. The van der Waals surface area contributed by atoms with E-state index in [1.807, 2.05) is 11.9 Å². The first-order chi connectivity index (χ1) is 8.13. The van der Waals surface area contributed by atoms with Crippen molar-refractivity contribution >= 4 is 11.8 Å². The summed E-state index contributed by atoms with van der Waals surface area (Å²) in [6.07, 6.45) is 2.56. The molecule has 1 fully saturated rings. The van der Waals surface area contributed by atoms with E-state index in [0.717, 1.165) is 39.0 Å². The minimum absolute atomic E-state index is 0.0255. The van der Waals surface area contributed by atoms with Crippen LogP contribution < -0.4 is 10.6 Å². The summed E-state index contributed by atoms with van der Waals surface area (Å²) >= 11 is 0. The quantitative estimate of drug-likeness (QED) is 0.710. The van der Waals surface area contributed by atoms with Crippen LogP contribution in [0.25, 0.3) is 0 Å². The lowest BCUT2D eigenvalue weighted by molar-refractivity contribution is -0.132. The van der Waals surface area contributed by atoms with Crippen LogP contribution in [0, 0.1) is 5.92 Å². The van der Waals surface area contributed by atoms with E-state index in [0.29, 0.717) is 12.3 Å². The Morgan fingerprint density at radius 2 is 1.94 bits per heavy atom. The zero-order chi connectivity index (χ0) is 12.7. The number of hydrogen-bond donors (Lipinski definition) is 2. The average Bonchev–Trinajstić information content (AvgIpc) is 2.34. The first-order valence-electron chi connectivity index (χ1n) is 6.30. The monoisotopic (exact) mass is 241 g/mol. The number of carbonyl (C=O) groups excluding carboxylic acids is 2. The zero-order valence-electron chi connectivity index (χ0n) is 10.8. The second-order valence-corrected chi connectivity index (χ2v) is 4.61. The van der Waals surface area contributed by atoms with Gasteiger partial charge in [0.05, 0.1) is 0 Å². The second kappa shape index (κ2) is 7.27. The summed E-state index contributed by atoms with van der Waals surface area (Å²) in [4.78, 5) is 24.5. The molecule has 0 aromatic carbocycles. The third-order valence-corrected chi connectivity index (χ3v) is 3.20. The summed E-state index contributed by atoms with van der Waals surface area (Å²) < 4.78 is 0. The first kappa shape index (κ1) is 14.0. The molecule has 1 saturated heterocycles. The van der Waals surface area contributed by atoms with Crippen LogP contribution in [0.5, 0.6) is 0 Å². The Labute approximate surface area is 103 Å². The summed E-state index contributed by atoms with van der Waals surface area (Å²) in [5, 5.41) is 5.83. The molecular formula is C12H23N3O2. The molecule has 5 nitrogen and oxygen atoms in total. The summed E-state index contributed by atoms with van der Waals surface area (Å²) in [6.45, 7) is 4.68. The molecular weight excluding hydrogens is 218 g/mol. The van der Waals surface area contributed by atoms with Gasteiger partial charge in [-0.25, -0.2) is 0 Å². The Morgan fingerprint density at radius 1 is 1.29 bits per heavy atom. The number of piperidine rings is 1. The highest BCUT2D eigenvalue weighted by Gasteiger charge is 2.22. The van der Waals surface area contributed by atoms with Crippen LogP contribution in [0.15, 0.2) is 0 Å². The summed E-state index contributed by atoms with van der Waals surface area (Å²) in [5.74, 6) is 0.780. The van der Waals surface area contributed by atoms with Gasteiger partial charge >= 0.3 is 0 Å². The molecule has 1 heterocycles. The van der Waals surface area contributed by atoms with Crippen molar-refractivity contribution < 1.29 is 9.59 Å². The molecule has 2 amide bonds. The molecule has 0 aliphatic carbocycles. The van der Waals surface area contributed by atoms with Crippen molar-refractivity contribution in [2.24, 2.45) is 5.92 Å². The average molecular weight is 241 g/mol. The van der Waals surface area contributed by atoms with Gasteiger partial charge in [-0.1, -0.05) is 0 Å². The van der Waals surface area contributed by atoms with Crippen molar-refractivity contribution in [1.82, 2.24) is 15.5 Å². The van der Waals surface area contributed by atoms with Gasteiger partial charge in [-0.3, -0.25) is 9.59 Å². The Hall–Kier alpha value is -1.10. The first-order valence-corrected chi connectivity index (χ1v) is 6.30. The van der Waals surface area contributed by atoms with E-state index in [2.05, 4.69) is 10.6 Å². The van der Waals surface area contributed by atoms with Gasteiger partial charge in [-0.2, -0.15) is 0 Å². The van der Waals surface area contributed by atoms with Crippen LogP contribution >= 0.6 is 0 Å². The van der Waals surface area contributed by atoms with E-state index >= 15 is 0 Å². The van der Waals surface area contributed by atoms with Gasteiger partial charge in [0.15, 0.2) is 0 Å². The molecule has 0 saturated carbocycles. The molecule has 0 radical (unpaired) electrons. The molecule has 0 bridgehead atoms. The van der Waals surface area contributed by atoms with Crippen molar-refractivity contribution in [1.29, 1.82) is 0 Å². The van der Waals surface area contributed by atoms with E-state index in [4.69, 9.17) is 0 Å². The Bertz CT molecular complexity index is 260. The molecule has 2 N–H and O–H groups in total. The molecule has 0 unspecified atom stereocenters. The van der Waals surface area contributed by atoms with Gasteiger partial charge in [-0.05, 0) is 25.8 Å². The zero-order valence-corrected chi connectivity index (χ0v) is 10.8. The number of amides is 2. The van der Waals surface area contributed by atoms with Crippen LogP contribution in [0.2, 0.25) is 0 Å². The van der Waals surface area contributed by atoms with Crippen molar-refractivity contribution in [3.8, 4) is 0 Å². The third kappa shape index (κ3) is 5.17. The normalized spacial score (nSPS) is 16.9. The van der Waals surface area contributed by atoms with Crippen LogP contribution in [-0.4, -0.2) is 49.9 Å². The molecule has 0 aromatic rings. The minimum atomic E-state index is 0.0255. The number of nitrogens with one attached hydrogen (secondary N) is 2. The molecule has 98 valence electrons. The second-order valence-electron chi connectivity index (χ2n) is 4.61. The highest BCUT2D eigenvalue weighted by Crippen LogP contribution is 2.16. The van der Waals surface area contributed by atoms with Gasteiger partial charge in [0, 0.05) is 39.5 Å². The van der Waals surface area contributed by atoms with Crippen LogP contribution in [0.3, 0.4) is 0 Å². The lowest BCUT2D eigenvalue weighted by Gasteiger charge is -2.32. The van der Waals surface area contributed by atoms with Crippen LogP contribution in [-0.2, 0) is 9.59 Å². The molecule has 1 aliphatic rings. The van der Waals surface area contributed by atoms with Crippen LogP contribution in [0.1, 0.15) is 26.2 Å². The Balaban J connectivity index is 2.20. The highest BCUT2D eigenvalue weighted by molar-refractivity contribution is 5.76. The molecule has 0 atom stereocenters. The summed E-state index contributed by atoms with van der Waals surface area (Å²) in [7, 11) is 1.85. The fourth-order valence-corrected chi connectivity index (χ4v) is 2.06. The third-order valence-electron chi connectivity index (χ3n) is 3.20. The number of rotatable bonds is 5. The summed E-state index contributed by atoms with van der Waals surface area (Å²) in [6, 6.07) is 0. The van der Waals surface area contributed by atoms with E-state index < -0.39 is 0 Å². The lowest BCUT2D eigenvalue weighted by Crippen LogP contribution is -2.41. The Morgan fingerprint density at radius 3 is 2.47 bits per heavy atom. The van der Waals surface area contributed by atoms with Gasteiger partial charge in [0.1, 0.15) is 0 Å². The smallest absolute Gasteiger partial charge is 0.223 e. The predicted octanol–water partition coefficient (Wildman–Crippen LogP) is -0.0294. The van der Waals surface area contributed by atoms with Gasteiger partial charge in [0.2, 0.25) is 11.8 Å². The predicted molar refractivity (Wildman–Crippen MR) is 66.5 cm³/mol. The van der Waals surface area contributed by atoms with Crippen molar-refractivity contribution in [2.75, 3.05) is 33.2 Å². The lowest BCUT2D eigenvalue weighted by atomic mass is 9.96. The van der Waals surface area contributed by atoms with E-state index in [1.54, 1.807) is 0 Å². The van der Waals surface area contributed by atoms with Crippen molar-refractivity contribution in [3.63, 3.8) is 0 Å². The van der Waals surface area contributed by atoms with Crippen LogP contribution in [0.4, 0.5) is 0 Å². The maximum absolute atomic E-state index is 11.7. The van der Waals surface area contributed by atoms with E-state index in [-0.39, 0.29) is 11.8 Å². The topological polar surface area (TPSA) is 61.4 Å². The largest absolute Gasteiger partial charge is 0.356 e. The standard InChI is InChI=1S/C12H23N3O2/c1-10(16)14-9-11-4-7-15(8-5-11)12(17)3-6-13-2/h11,13H,3-9H2,1-2H3,(H,14,16). The van der Waals surface area contributed by atoms with Gasteiger partial charge in [0.25, 0.3) is 0 Å². The molecule has 1 aliphatic heterocycles. The fourth-order valence-electron chi connectivity index (χ4n) is 2.06. The number of carbonyl (C=O) groups is 2. The Kier molecular flexibility index (Phi) is 5.97. The summed E-state index contributed by atoms with van der Waals surface area (Å²) in [5.41, 5.74) is 0.